The van der Waals surface area contributed by atoms with Gasteiger partial charge in [0.1, 0.15) is 11.5 Å². The minimum atomic E-state index is 0.487. The Hall–Kier alpha value is 0.0200. The lowest BCUT2D eigenvalue weighted by Crippen LogP contribution is -2.37. The summed E-state index contributed by atoms with van der Waals surface area (Å²) in [6.45, 7) is 0. The molecule has 4 bridgehead atoms. The number of hydrogen-bond acceptors (Lipinski definition) is 1. The maximum absolute atomic E-state index is 12.8. The van der Waals surface area contributed by atoms with Crippen LogP contribution in [0, 0.1) is 41.4 Å². The standard InChI is InChI=1S/C18H27OS/c19-16(10-20-5-1-2-6-20)14-8-13-9-15(14)18-12-4-3-11(7-12)17(13)18/h11-15,17-18H,1-10H2/q+1. The minimum absolute atomic E-state index is 0.487. The van der Waals surface area contributed by atoms with E-state index in [1.54, 1.807) is 0 Å². The van der Waals surface area contributed by atoms with Gasteiger partial charge in [-0.2, -0.15) is 0 Å². The van der Waals surface area contributed by atoms with Crippen LogP contribution in [0.4, 0.5) is 0 Å². The maximum atomic E-state index is 12.8. The van der Waals surface area contributed by atoms with E-state index in [1.807, 2.05) is 0 Å². The maximum Gasteiger partial charge on any atom is 0.185 e. The van der Waals surface area contributed by atoms with Crippen molar-refractivity contribution in [2.75, 3.05) is 17.3 Å². The molecule has 5 aliphatic rings. The van der Waals surface area contributed by atoms with Crippen LogP contribution in [0.2, 0.25) is 0 Å². The van der Waals surface area contributed by atoms with Gasteiger partial charge in [0.2, 0.25) is 0 Å². The van der Waals surface area contributed by atoms with Crippen LogP contribution in [0.1, 0.15) is 44.9 Å². The molecule has 0 spiro atoms. The smallest absolute Gasteiger partial charge is 0.185 e. The highest BCUT2D eigenvalue weighted by molar-refractivity contribution is 7.97. The van der Waals surface area contributed by atoms with E-state index in [-0.39, 0.29) is 0 Å². The van der Waals surface area contributed by atoms with Gasteiger partial charge in [0.15, 0.2) is 11.5 Å². The Bertz CT molecular complexity index is 427. The molecule has 0 radical (unpaired) electrons. The molecule has 110 valence electrons. The van der Waals surface area contributed by atoms with E-state index in [4.69, 9.17) is 0 Å². The molecule has 4 aliphatic carbocycles. The summed E-state index contributed by atoms with van der Waals surface area (Å²) in [4.78, 5) is 12.8. The molecule has 20 heavy (non-hydrogen) atoms. The molecule has 0 aromatic heterocycles. The van der Waals surface area contributed by atoms with Crippen molar-refractivity contribution in [2.45, 2.75) is 44.9 Å². The first kappa shape index (κ1) is 12.6. The monoisotopic (exact) mass is 291 g/mol. The van der Waals surface area contributed by atoms with Crippen LogP contribution in [0.25, 0.3) is 0 Å². The van der Waals surface area contributed by atoms with Crippen LogP contribution in [0.3, 0.4) is 0 Å². The Balaban J connectivity index is 1.31. The van der Waals surface area contributed by atoms with E-state index in [2.05, 4.69) is 0 Å². The zero-order valence-corrected chi connectivity index (χ0v) is 13.2. The van der Waals surface area contributed by atoms with Crippen LogP contribution in [-0.2, 0) is 15.7 Å². The average molecular weight is 291 g/mol. The van der Waals surface area contributed by atoms with Gasteiger partial charge in [-0.05, 0) is 91.3 Å². The third kappa shape index (κ3) is 1.66. The van der Waals surface area contributed by atoms with Gasteiger partial charge in [0.05, 0.1) is 0 Å². The quantitative estimate of drug-likeness (QED) is 0.576. The van der Waals surface area contributed by atoms with E-state index in [9.17, 15) is 4.79 Å². The van der Waals surface area contributed by atoms with Crippen LogP contribution >= 0.6 is 0 Å². The minimum Gasteiger partial charge on any atom is -0.294 e. The highest BCUT2D eigenvalue weighted by Crippen LogP contribution is 2.68. The second-order valence-corrected chi connectivity index (χ2v) is 10.7. The summed E-state index contributed by atoms with van der Waals surface area (Å²) >= 11 is 0. The lowest BCUT2D eigenvalue weighted by atomic mass is 9.67. The number of hydrogen-bond donors (Lipinski definition) is 0. The fourth-order valence-electron chi connectivity index (χ4n) is 7.10. The van der Waals surface area contributed by atoms with Gasteiger partial charge in [-0.1, -0.05) is 0 Å². The van der Waals surface area contributed by atoms with Crippen molar-refractivity contribution in [3.8, 4) is 0 Å². The molecular weight excluding hydrogens is 264 g/mol. The van der Waals surface area contributed by atoms with E-state index in [0.29, 0.717) is 22.6 Å². The van der Waals surface area contributed by atoms with Crippen LogP contribution in [-0.4, -0.2) is 23.0 Å². The lowest BCUT2D eigenvalue weighted by Gasteiger charge is -2.37. The molecule has 4 saturated carbocycles. The summed E-state index contributed by atoms with van der Waals surface area (Å²) in [5.74, 6) is 10.9. The molecule has 0 aromatic rings. The molecule has 1 heterocycles. The van der Waals surface area contributed by atoms with Gasteiger partial charge in [-0.3, -0.25) is 4.79 Å². The first-order valence-corrected chi connectivity index (χ1v) is 10.7. The van der Waals surface area contributed by atoms with Crippen molar-refractivity contribution in [3.05, 3.63) is 0 Å². The number of Topliss-reactive ketones (excluding diaryl/α,β-unsaturated/α-hetero) is 1. The van der Waals surface area contributed by atoms with Gasteiger partial charge in [0.25, 0.3) is 0 Å². The van der Waals surface area contributed by atoms with Gasteiger partial charge in [-0.15, -0.1) is 0 Å². The summed E-state index contributed by atoms with van der Waals surface area (Å²) in [6, 6.07) is 0. The van der Waals surface area contributed by atoms with E-state index in [0.717, 1.165) is 41.3 Å². The van der Waals surface area contributed by atoms with Crippen molar-refractivity contribution in [1.29, 1.82) is 0 Å². The van der Waals surface area contributed by atoms with Crippen molar-refractivity contribution in [3.63, 3.8) is 0 Å². The third-order valence-corrected chi connectivity index (χ3v) is 10.0. The van der Waals surface area contributed by atoms with E-state index >= 15 is 0 Å². The number of ketones is 1. The van der Waals surface area contributed by atoms with E-state index < -0.39 is 0 Å². The fraction of sp³-hybridized carbons (Fsp3) is 0.944. The predicted molar refractivity (Wildman–Crippen MR) is 83.7 cm³/mol. The normalized spacial score (nSPS) is 52.9. The lowest BCUT2D eigenvalue weighted by molar-refractivity contribution is -0.123. The van der Waals surface area contributed by atoms with Crippen molar-refractivity contribution >= 4 is 16.7 Å². The van der Waals surface area contributed by atoms with Gasteiger partial charge < -0.3 is 0 Å². The third-order valence-electron chi connectivity index (χ3n) is 7.61. The van der Waals surface area contributed by atoms with Gasteiger partial charge >= 0.3 is 0 Å². The summed E-state index contributed by atoms with van der Waals surface area (Å²) in [7, 11) is 0.487. The van der Waals surface area contributed by atoms with Gasteiger partial charge in [0, 0.05) is 5.92 Å². The first-order chi connectivity index (χ1) is 9.81. The molecule has 7 unspecified atom stereocenters. The Morgan fingerprint density at radius 1 is 0.900 bits per heavy atom. The topological polar surface area (TPSA) is 17.1 Å². The number of rotatable bonds is 3. The van der Waals surface area contributed by atoms with Crippen LogP contribution in [0.15, 0.2) is 0 Å². The molecule has 1 saturated heterocycles. The van der Waals surface area contributed by atoms with E-state index in [1.165, 1.54) is 56.5 Å². The second kappa shape index (κ2) is 4.51. The molecule has 5 fully saturated rings. The average Bonchev–Trinajstić information content (AvgIpc) is 3.22. The highest BCUT2D eigenvalue weighted by atomic mass is 32.2. The summed E-state index contributed by atoms with van der Waals surface area (Å²) in [6.07, 6.45) is 10.1. The molecule has 1 nitrogen and oxygen atoms in total. The molecule has 7 atom stereocenters. The zero-order valence-electron chi connectivity index (χ0n) is 12.4. The number of carbonyl (C=O) groups is 1. The second-order valence-electron chi connectivity index (χ2n) is 8.33. The van der Waals surface area contributed by atoms with Crippen molar-refractivity contribution < 1.29 is 4.79 Å². The summed E-state index contributed by atoms with van der Waals surface area (Å²) in [5.41, 5.74) is 0. The molecule has 5 rings (SSSR count). The van der Waals surface area contributed by atoms with Crippen LogP contribution in [0.5, 0.6) is 0 Å². The fourth-order valence-corrected chi connectivity index (χ4v) is 9.44. The summed E-state index contributed by atoms with van der Waals surface area (Å²) < 4.78 is 0. The first-order valence-electron chi connectivity index (χ1n) is 8.98. The largest absolute Gasteiger partial charge is 0.294 e. The molecule has 1 aliphatic heterocycles. The Morgan fingerprint density at radius 3 is 2.45 bits per heavy atom. The Labute approximate surface area is 125 Å². The van der Waals surface area contributed by atoms with Gasteiger partial charge in [-0.25, -0.2) is 0 Å². The summed E-state index contributed by atoms with van der Waals surface area (Å²) in [5, 5.41) is 0. The van der Waals surface area contributed by atoms with Crippen molar-refractivity contribution in [1.82, 2.24) is 0 Å². The molecule has 0 amide bonds. The highest BCUT2D eigenvalue weighted by Gasteiger charge is 2.63. The van der Waals surface area contributed by atoms with Crippen molar-refractivity contribution in [2.24, 2.45) is 41.4 Å². The molecule has 0 aromatic carbocycles. The molecule has 2 heteroatoms. The number of carbonyl (C=O) groups excluding carboxylic acids is 1. The molecular formula is C18H27OS+. The molecule has 0 N–H and O–H groups in total. The zero-order chi connectivity index (χ0) is 13.3. The number of fused-ring (bicyclic) bond motifs is 9. The predicted octanol–water partition coefficient (Wildman–Crippen LogP) is 3.29. The Kier molecular flexibility index (Phi) is 2.83. The SMILES string of the molecule is O=C(C[S+]1CCCC1)C1CC2CC1C1C3CCC(C3)C21. The van der Waals surface area contributed by atoms with Crippen LogP contribution < -0.4 is 0 Å². The Morgan fingerprint density at radius 2 is 1.65 bits per heavy atom.